The van der Waals surface area contributed by atoms with Crippen LogP contribution in [0.4, 0.5) is 0 Å². The van der Waals surface area contributed by atoms with Crippen molar-refractivity contribution in [2.24, 2.45) is 0 Å². The zero-order valence-corrected chi connectivity index (χ0v) is 21.1. The van der Waals surface area contributed by atoms with Gasteiger partial charge in [0.25, 0.3) is 0 Å². The molecule has 0 aromatic heterocycles. The topological polar surface area (TPSA) is 102 Å². The van der Waals surface area contributed by atoms with Gasteiger partial charge in [-0.05, 0) is 19.3 Å². The van der Waals surface area contributed by atoms with Crippen LogP contribution in [0.5, 0.6) is 0 Å². The van der Waals surface area contributed by atoms with E-state index in [1.54, 1.807) is 0 Å². The Morgan fingerprint density at radius 1 is 0.559 bits per heavy atom. The summed E-state index contributed by atoms with van der Waals surface area (Å²) in [6.07, 6.45) is 10.3. The van der Waals surface area contributed by atoms with Crippen LogP contribution in [-0.2, 0) is 38.0 Å². The highest BCUT2D eigenvalue weighted by molar-refractivity contribution is 5.69. The molecule has 0 rings (SSSR count). The third kappa shape index (κ3) is 29.0. The van der Waals surface area contributed by atoms with E-state index < -0.39 is 0 Å². The minimum Gasteiger partial charge on any atom is -0.463 e. The minimum absolute atomic E-state index is 0.0263. The lowest BCUT2D eigenvalue weighted by atomic mass is 10.1. The van der Waals surface area contributed by atoms with Gasteiger partial charge in [-0.1, -0.05) is 31.8 Å². The van der Waals surface area contributed by atoms with Gasteiger partial charge in [-0.15, -0.1) is 6.58 Å². The predicted octanol–water partition coefficient (Wildman–Crippen LogP) is 2.93. The van der Waals surface area contributed by atoms with E-state index in [0.29, 0.717) is 85.7 Å². The Hall–Kier alpha value is -1.07. The molecule has 9 nitrogen and oxygen atoms in total. The van der Waals surface area contributed by atoms with Crippen LogP contribution in [0.15, 0.2) is 12.7 Å². The molecule has 34 heavy (non-hydrogen) atoms. The average molecular weight is 493 g/mol. The maximum atomic E-state index is 11.7. The summed E-state index contributed by atoms with van der Waals surface area (Å²) in [6.45, 7) is 9.63. The molecule has 0 aliphatic rings. The normalized spacial score (nSPS) is 11.1. The van der Waals surface area contributed by atoms with Crippen LogP contribution in [-0.4, -0.2) is 104 Å². The van der Waals surface area contributed by atoms with Crippen molar-refractivity contribution in [3.63, 3.8) is 0 Å². The molecule has 0 aliphatic carbocycles. The molecule has 9 heteroatoms. The van der Waals surface area contributed by atoms with E-state index in [1.165, 1.54) is 25.7 Å². The lowest BCUT2D eigenvalue weighted by molar-refractivity contribution is -0.145. The smallest absolute Gasteiger partial charge is 0.305 e. The standard InChI is InChI=1S/C25H48O9/c1-2-3-4-5-6-7-8-9-10-25(27)34-24-23-33-22-21-32-20-19-31-18-17-30-16-15-29-14-13-28-12-11-26/h2,26H,1,3-24H2. The number of hydrogen-bond acceptors (Lipinski definition) is 9. The maximum Gasteiger partial charge on any atom is 0.305 e. The third-order valence-corrected chi connectivity index (χ3v) is 4.63. The Balaban J connectivity index is 3.11. The summed E-state index contributed by atoms with van der Waals surface area (Å²) < 4.78 is 37.1. The summed E-state index contributed by atoms with van der Waals surface area (Å²) in [4.78, 5) is 11.7. The van der Waals surface area contributed by atoms with Gasteiger partial charge in [0, 0.05) is 6.42 Å². The fraction of sp³-hybridized carbons (Fsp3) is 0.880. The molecule has 0 unspecified atom stereocenters. The molecule has 0 amide bonds. The Morgan fingerprint density at radius 2 is 0.941 bits per heavy atom. The molecule has 0 aromatic carbocycles. The van der Waals surface area contributed by atoms with E-state index in [0.717, 1.165) is 19.3 Å². The number of carbonyl (C=O) groups is 1. The van der Waals surface area contributed by atoms with Gasteiger partial charge in [0.05, 0.1) is 85.9 Å². The van der Waals surface area contributed by atoms with E-state index in [2.05, 4.69) is 6.58 Å². The molecule has 0 atom stereocenters. The van der Waals surface area contributed by atoms with Crippen LogP contribution in [0.1, 0.15) is 51.4 Å². The molecule has 0 aliphatic heterocycles. The predicted molar refractivity (Wildman–Crippen MR) is 130 cm³/mol. The highest BCUT2D eigenvalue weighted by atomic mass is 16.6. The molecular weight excluding hydrogens is 444 g/mol. The number of carbonyl (C=O) groups excluding carboxylic acids is 1. The molecule has 0 saturated heterocycles. The molecule has 0 aromatic rings. The summed E-state index contributed by atoms with van der Waals surface area (Å²) in [5.74, 6) is -0.149. The molecule has 0 bridgehead atoms. The molecular formula is C25H48O9. The molecule has 0 spiro atoms. The van der Waals surface area contributed by atoms with Gasteiger partial charge in [0.15, 0.2) is 0 Å². The largest absolute Gasteiger partial charge is 0.463 e. The third-order valence-electron chi connectivity index (χ3n) is 4.63. The number of aliphatic hydroxyl groups is 1. The van der Waals surface area contributed by atoms with Crippen molar-refractivity contribution in [1.29, 1.82) is 0 Å². The monoisotopic (exact) mass is 492 g/mol. The highest BCUT2D eigenvalue weighted by Gasteiger charge is 2.02. The fourth-order valence-electron chi connectivity index (χ4n) is 2.82. The van der Waals surface area contributed by atoms with Gasteiger partial charge >= 0.3 is 5.97 Å². The van der Waals surface area contributed by atoms with Gasteiger partial charge in [-0.2, -0.15) is 0 Å². The first-order valence-corrected chi connectivity index (χ1v) is 12.6. The lowest BCUT2D eigenvalue weighted by Gasteiger charge is -2.08. The highest BCUT2D eigenvalue weighted by Crippen LogP contribution is 2.09. The summed E-state index contributed by atoms with van der Waals surface area (Å²) >= 11 is 0. The first-order chi connectivity index (χ1) is 16.8. The van der Waals surface area contributed by atoms with Crippen molar-refractivity contribution in [2.45, 2.75) is 51.4 Å². The van der Waals surface area contributed by atoms with Gasteiger partial charge in [0.2, 0.25) is 0 Å². The van der Waals surface area contributed by atoms with Crippen LogP contribution in [0.25, 0.3) is 0 Å². The van der Waals surface area contributed by atoms with Gasteiger partial charge < -0.3 is 38.3 Å². The van der Waals surface area contributed by atoms with Gasteiger partial charge in [0.1, 0.15) is 6.61 Å². The number of aliphatic hydroxyl groups excluding tert-OH is 1. The van der Waals surface area contributed by atoms with Crippen LogP contribution >= 0.6 is 0 Å². The average Bonchev–Trinajstić information content (AvgIpc) is 2.84. The zero-order chi connectivity index (χ0) is 24.8. The first-order valence-electron chi connectivity index (χ1n) is 12.6. The number of unbranched alkanes of at least 4 members (excludes halogenated alkanes) is 6. The Bertz CT molecular complexity index is 421. The van der Waals surface area contributed by atoms with Crippen molar-refractivity contribution >= 4 is 5.97 Å². The second kappa shape index (κ2) is 30.0. The van der Waals surface area contributed by atoms with E-state index in [9.17, 15) is 4.79 Å². The first kappa shape index (κ1) is 32.9. The summed E-state index contributed by atoms with van der Waals surface area (Å²) in [6, 6.07) is 0. The van der Waals surface area contributed by atoms with Crippen LogP contribution < -0.4 is 0 Å². The van der Waals surface area contributed by atoms with E-state index in [1.807, 2.05) is 6.08 Å². The van der Waals surface area contributed by atoms with Crippen molar-refractivity contribution in [2.75, 3.05) is 92.5 Å². The maximum absolute atomic E-state index is 11.7. The molecule has 1 N–H and O–H groups in total. The Labute approximate surface area is 206 Å². The number of rotatable bonds is 29. The second-order valence-corrected chi connectivity index (χ2v) is 7.57. The van der Waals surface area contributed by atoms with Gasteiger partial charge in [-0.25, -0.2) is 0 Å². The van der Waals surface area contributed by atoms with E-state index in [4.69, 9.17) is 38.3 Å². The van der Waals surface area contributed by atoms with E-state index >= 15 is 0 Å². The molecule has 0 saturated carbocycles. The Kier molecular flexibility index (Phi) is 29.0. The second-order valence-electron chi connectivity index (χ2n) is 7.57. The van der Waals surface area contributed by atoms with Crippen LogP contribution in [0, 0.1) is 0 Å². The van der Waals surface area contributed by atoms with Crippen LogP contribution in [0.2, 0.25) is 0 Å². The fourth-order valence-corrected chi connectivity index (χ4v) is 2.82. The molecule has 0 heterocycles. The molecule has 0 radical (unpaired) electrons. The number of esters is 1. The van der Waals surface area contributed by atoms with E-state index in [-0.39, 0.29) is 19.2 Å². The summed E-state index contributed by atoms with van der Waals surface area (Å²) in [7, 11) is 0. The number of hydrogen-bond donors (Lipinski definition) is 1. The number of ether oxygens (including phenoxy) is 7. The number of allylic oxidation sites excluding steroid dienone is 1. The summed E-state index contributed by atoms with van der Waals surface area (Å²) in [5.41, 5.74) is 0. The van der Waals surface area contributed by atoms with Crippen molar-refractivity contribution in [1.82, 2.24) is 0 Å². The van der Waals surface area contributed by atoms with Crippen molar-refractivity contribution in [3.05, 3.63) is 12.7 Å². The van der Waals surface area contributed by atoms with Gasteiger partial charge in [-0.3, -0.25) is 4.79 Å². The lowest BCUT2D eigenvalue weighted by Crippen LogP contribution is -2.15. The molecule has 202 valence electrons. The quantitative estimate of drug-likeness (QED) is 0.0959. The van der Waals surface area contributed by atoms with Crippen molar-refractivity contribution < 1.29 is 43.1 Å². The minimum atomic E-state index is -0.149. The molecule has 0 fully saturated rings. The zero-order valence-electron chi connectivity index (χ0n) is 21.1. The SMILES string of the molecule is C=CCCCCCCCCC(=O)OCCOCCOCCOCCOCCOCCOCCO. The Morgan fingerprint density at radius 3 is 1.38 bits per heavy atom. The summed E-state index contributed by atoms with van der Waals surface area (Å²) in [5, 5.41) is 8.55. The van der Waals surface area contributed by atoms with Crippen LogP contribution in [0.3, 0.4) is 0 Å². The van der Waals surface area contributed by atoms with Crippen molar-refractivity contribution in [3.8, 4) is 0 Å².